The minimum Gasteiger partial charge on any atom is -0.444 e. The van der Waals surface area contributed by atoms with Gasteiger partial charge in [0.1, 0.15) is 5.60 Å². The van der Waals surface area contributed by atoms with Crippen molar-refractivity contribution in [3.63, 3.8) is 0 Å². The van der Waals surface area contributed by atoms with E-state index in [1.807, 2.05) is 43.9 Å². The molecule has 1 aromatic carbocycles. The highest BCUT2D eigenvalue weighted by atomic mass is 16.6. The standard InChI is InChI=1S/C20H25N5O2/c1-20(2,3)27-19(26)25-14-7-6-8-15(25)12-13(11-14)16-9-4-5-10-17(16)18-21-23-24-22-18/h4-5,9-11,14-15H,6-8,12H2,1-3H3,(H,21,22,23,24). The van der Waals surface area contributed by atoms with Crippen LogP contribution in [0.15, 0.2) is 30.3 Å². The van der Waals surface area contributed by atoms with E-state index in [1.54, 1.807) is 0 Å². The zero-order chi connectivity index (χ0) is 19.0. The van der Waals surface area contributed by atoms with Crippen molar-refractivity contribution in [2.45, 2.75) is 64.1 Å². The van der Waals surface area contributed by atoms with Gasteiger partial charge in [-0.3, -0.25) is 4.90 Å². The molecule has 7 heteroatoms. The minimum atomic E-state index is -0.486. The van der Waals surface area contributed by atoms with E-state index in [-0.39, 0.29) is 18.2 Å². The highest BCUT2D eigenvalue weighted by molar-refractivity contribution is 5.81. The van der Waals surface area contributed by atoms with Gasteiger partial charge in [0.15, 0.2) is 0 Å². The molecule has 0 aliphatic carbocycles. The maximum absolute atomic E-state index is 12.8. The summed E-state index contributed by atoms with van der Waals surface area (Å²) < 4.78 is 5.66. The van der Waals surface area contributed by atoms with Crippen molar-refractivity contribution in [3.8, 4) is 11.4 Å². The van der Waals surface area contributed by atoms with Gasteiger partial charge in [-0.05, 0) is 62.8 Å². The molecule has 0 radical (unpaired) electrons. The Kier molecular flexibility index (Phi) is 4.45. The van der Waals surface area contributed by atoms with E-state index in [0.29, 0.717) is 5.82 Å². The predicted octanol–water partition coefficient (Wildman–Crippen LogP) is 3.81. The first-order valence-electron chi connectivity index (χ1n) is 9.47. The Balaban J connectivity index is 1.67. The van der Waals surface area contributed by atoms with Crippen molar-refractivity contribution >= 4 is 11.7 Å². The molecule has 2 aromatic rings. The Morgan fingerprint density at radius 1 is 1.22 bits per heavy atom. The maximum atomic E-state index is 12.8. The molecular formula is C20H25N5O2. The molecule has 142 valence electrons. The summed E-state index contributed by atoms with van der Waals surface area (Å²) in [4.78, 5) is 14.7. The molecule has 2 bridgehead atoms. The number of rotatable bonds is 2. The van der Waals surface area contributed by atoms with Crippen molar-refractivity contribution in [1.29, 1.82) is 0 Å². The summed E-state index contributed by atoms with van der Waals surface area (Å²) in [6.07, 6.45) is 5.91. The average Bonchev–Trinajstić information content (AvgIpc) is 3.13. The van der Waals surface area contributed by atoms with Crippen LogP contribution in [0.4, 0.5) is 4.79 Å². The monoisotopic (exact) mass is 367 g/mol. The molecule has 2 atom stereocenters. The van der Waals surface area contributed by atoms with E-state index < -0.39 is 5.60 Å². The molecule has 1 N–H and O–H groups in total. The average molecular weight is 367 g/mol. The number of nitrogens with one attached hydrogen (secondary N) is 1. The number of carbonyl (C=O) groups is 1. The van der Waals surface area contributed by atoms with Gasteiger partial charge in [-0.2, -0.15) is 5.21 Å². The lowest BCUT2D eigenvalue weighted by atomic mass is 9.82. The second-order valence-corrected chi connectivity index (χ2v) is 8.22. The van der Waals surface area contributed by atoms with Gasteiger partial charge in [0, 0.05) is 11.6 Å². The van der Waals surface area contributed by atoms with Gasteiger partial charge >= 0.3 is 6.09 Å². The number of hydrogen-bond donors (Lipinski definition) is 1. The summed E-state index contributed by atoms with van der Waals surface area (Å²) in [5.41, 5.74) is 2.83. The van der Waals surface area contributed by atoms with Crippen LogP contribution in [0, 0.1) is 0 Å². The summed E-state index contributed by atoms with van der Waals surface area (Å²) in [7, 11) is 0. The van der Waals surface area contributed by atoms with Gasteiger partial charge in [-0.1, -0.05) is 30.3 Å². The number of H-pyrrole nitrogens is 1. The number of tetrazole rings is 1. The van der Waals surface area contributed by atoms with Crippen LogP contribution in [0.2, 0.25) is 0 Å². The zero-order valence-electron chi connectivity index (χ0n) is 16.0. The van der Waals surface area contributed by atoms with Gasteiger partial charge in [0.25, 0.3) is 0 Å². The predicted molar refractivity (Wildman–Crippen MR) is 102 cm³/mol. The SMILES string of the molecule is CC(C)(C)OC(=O)N1C2C=C(c3ccccc3-c3nn[nH]n3)CC1CCC2. The topological polar surface area (TPSA) is 84.0 Å². The number of piperidine rings is 1. The number of ether oxygens (including phenoxy) is 1. The third kappa shape index (κ3) is 3.59. The van der Waals surface area contributed by atoms with Crippen LogP contribution in [0.1, 0.15) is 52.0 Å². The highest BCUT2D eigenvalue weighted by Gasteiger charge is 2.39. The van der Waals surface area contributed by atoms with Crippen LogP contribution in [-0.4, -0.2) is 49.3 Å². The first kappa shape index (κ1) is 17.7. The molecule has 7 nitrogen and oxygen atoms in total. The van der Waals surface area contributed by atoms with Gasteiger partial charge in [-0.25, -0.2) is 4.79 Å². The number of nitrogens with zero attached hydrogens (tertiary/aromatic N) is 4. The van der Waals surface area contributed by atoms with E-state index in [9.17, 15) is 4.79 Å². The van der Waals surface area contributed by atoms with Crippen molar-refractivity contribution in [3.05, 3.63) is 35.9 Å². The fourth-order valence-electron chi connectivity index (χ4n) is 4.06. The molecule has 0 spiro atoms. The lowest BCUT2D eigenvalue weighted by Crippen LogP contribution is -2.53. The van der Waals surface area contributed by atoms with Gasteiger partial charge in [0.05, 0.1) is 6.04 Å². The van der Waals surface area contributed by atoms with Crippen LogP contribution in [-0.2, 0) is 4.74 Å². The van der Waals surface area contributed by atoms with E-state index in [0.717, 1.165) is 36.8 Å². The zero-order valence-corrected chi connectivity index (χ0v) is 16.0. The molecule has 1 aromatic heterocycles. The number of fused-ring (bicyclic) bond motifs is 2. The molecule has 2 unspecified atom stereocenters. The van der Waals surface area contributed by atoms with Crippen molar-refractivity contribution in [1.82, 2.24) is 25.5 Å². The van der Waals surface area contributed by atoms with E-state index in [1.165, 1.54) is 5.57 Å². The molecule has 2 aliphatic rings. The summed E-state index contributed by atoms with van der Waals surface area (Å²) >= 11 is 0. The number of aromatic nitrogens is 4. The Morgan fingerprint density at radius 2 is 2.00 bits per heavy atom. The number of amides is 1. The normalized spacial score (nSPS) is 22.3. The molecule has 2 aliphatic heterocycles. The number of benzene rings is 1. The molecule has 1 saturated heterocycles. The third-order valence-corrected chi connectivity index (χ3v) is 5.10. The Morgan fingerprint density at radius 3 is 2.67 bits per heavy atom. The van der Waals surface area contributed by atoms with Crippen LogP contribution >= 0.6 is 0 Å². The third-order valence-electron chi connectivity index (χ3n) is 5.10. The minimum absolute atomic E-state index is 0.0701. The fraction of sp³-hybridized carbons (Fsp3) is 0.500. The van der Waals surface area contributed by atoms with E-state index in [4.69, 9.17) is 4.74 Å². The molecule has 4 rings (SSSR count). The second-order valence-electron chi connectivity index (χ2n) is 8.22. The number of carbonyl (C=O) groups excluding carboxylic acids is 1. The first-order chi connectivity index (χ1) is 12.9. The van der Waals surface area contributed by atoms with Crippen LogP contribution in [0.5, 0.6) is 0 Å². The number of aromatic amines is 1. The molecular weight excluding hydrogens is 342 g/mol. The Bertz CT molecular complexity index is 854. The summed E-state index contributed by atoms with van der Waals surface area (Å²) in [5.74, 6) is 0.589. The Labute approximate surface area is 158 Å². The quantitative estimate of drug-likeness (QED) is 0.872. The van der Waals surface area contributed by atoms with Crippen molar-refractivity contribution in [2.75, 3.05) is 0 Å². The van der Waals surface area contributed by atoms with Gasteiger partial charge in [0.2, 0.25) is 5.82 Å². The van der Waals surface area contributed by atoms with E-state index >= 15 is 0 Å². The van der Waals surface area contributed by atoms with Crippen LogP contribution in [0.25, 0.3) is 17.0 Å². The smallest absolute Gasteiger partial charge is 0.411 e. The molecule has 1 amide bonds. The molecule has 1 fully saturated rings. The van der Waals surface area contributed by atoms with Gasteiger partial charge < -0.3 is 4.74 Å². The van der Waals surface area contributed by atoms with E-state index in [2.05, 4.69) is 32.8 Å². The van der Waals surface area contributed by atoms with Gasteiger partial charge in [-0.15, -0.1) is 10.2 Å². The van der Waals surface area contributed by atoms with Crippen LogP contribution in [0.3, 0.4) is 0 Å². The summed E-state index contributed by atoms with van der Waals surface area (Å²) in [6, 6.07) is 8.34. The number of hydrogen-bond acceptors (Lipinski definition) is 5. The largest absolute Gasteiger partial charge is 0.444 e. The molecule has 3 heterocycles. The lowest BCUT2D eigenvalue weighted by Gasteiger charge is -2.45. The molecule has 27 heavy (non-hydrogen) atoms. The Hall–Kier alpha value is -2.70. The van der Waals surface area contributed by atoms with Crippen molar-refractivity contribution in [2.24, 2.45) is 0 Å². The second kappa shape index (κ2) is 6.79. The fourth-order valence-corrected chi connectivity index (χ4v) is 4.06. The maximum Gasteiger partial charge on any atom is 0.411 e. The van der Waals surface area contributed by atoms with Crippen LogP contribution < -0.4 is 0 Å². The lowest BCUT2D eigenvalue weighted by molar-refractivity contribution is 0.0000882. The highest BCUT2D eigenvalue weighted by Crippen LogP contribution is 2.40. The molecule has 0 saturated carbocycles. The first-order valence-corrected chi connectivity index (χ1v) is 9.47. The summed E-state index contributed by atoms with van der Waals surface area (Å²) in [5, 5.41) is 14.5. The van der Waals surface area contributed by atoms with Crippen molar-refractivity contribution < 1.29 is 9.53 Å². The summed E-state index contributed by atoms with van der Waals surface area (Å²) in [6.45, 7) is 5.73.